The molecule has 4 amide bonds. The van der Waals surface area contributed by atoms with Gasteiger partial charge in [0, 0.05) is 0 Å². The van der Waals surface area contributed by atoms with Crippen molar-refractivity contribution in [1.29, 1.82) is 0 Å². The Hall–Kier alpha value is -1.36. The number of carbonyl (C=O) groups excluding carboxylic acids is 4. The number of hydrogen-bond donors (Lipinski definition) is 0. The normalized spacial score (nSPS) is 11.8. The summed E-state index contributed by atoms with van der Waals surface area (Å²) in [5, 5.41) is 0. The Balaban J connectivity index is 5.49. The van der Waals surface area contributed by atoms with Crippen LogP contribution in [0.3, 0.4) is 0 Å². The van der Waals surface area contributed by atoms with E-state index in [2.05, 4.69) is 27.7 Å². The van der Waals surface area contributed by atoms with Gasteiger partial charge in [-0.2, -0.15) is 0 Å². The lowest BCUT2D eigenvalue weighted by Gasteiger charge is -2.29. The van der Waals surface area contributed by atoms with Gasteiger partial charge in [0.25, 0.3) is 0 Å². The summed E-state index contributed by atoms with van der Waals surface area (Å²) in [4.78, 5) is 58.9. The molecule has 0 aromatic carbocycles. The number of unbranched alkanes of at least 4 members (excludes halogenated alkanes) is 56. The van der Waals surface area contributed by atoms with E-state index in [4.69, 9.17) is 0 Å². The Bertz CT molecular complexity index is 1060. The molecule has 0 aliphatic heterocycles. The maximum absolute atomic E-state index is 14.7. The predicted molar refractivity (Wildman–Crippen MR) is 338 cm³/mol. The topological polar surface area (TPSA) is 68.3 Å². The summed E-state index contributed by atoms with van der Waals surface area (Å²) in [6, 6.07) is 0. The summed E-state index contributed by atoms with van der Waals surface area (Å²) in [7, 11) is 0. The second-order valence-corrected chi connectivity index (χ2v) is 25.0. The molecule has 0 heterocycles. The number of quaternary nitrogens is 1. The summed E-state index contributed by atoms with van der Waals surface area (Å²) in [5.41, 5.74) is 0. The molecule has 0 fully saturated rings. The van der Waals surface area contributed by atoms with Crippen molar-refractivity contribution in [1.82, 2.24) is 0 Å². The summed E-state index contributed by atoms with van der Waals surface area (Å²) in [6.07, 6.45) is 75.0. The third-order valence-corrected chi connectivity index (χ3v) is 17.5. The summed E-state index contributed by atoms with van der Waals surface area (Å²) < 4.78 is -1.12. The minimum atomic E-state index is -1.12. The molecule has 0 aromatic rings. The zero-order chi connectivity index (χ0) is 56.1. The number of imide groups is 6. The van der Waals surface area contributed by atoms with E-state index in [1.807, 2.05) is 0 Å². The highest BCUT2D eigenvalue weighted by Gasteiger charge is 2.55. The van der Waals surface area contributed by atoms with Gasteiger partial charge in [0.2, 0.25) is 0 Å². The lowest BCUT2D eigenvalue weighted by molar-refractivity contribution is -0.629. The molecule has 77 heavy (non-hydrogen) atoms. The monoisotopic (exact) mass is 1080 g/mol. The lowest BCUT2D eigenvalue weighted by Crippen LogP contribution is -2.64. The first-order chi connectivity index (χ1) is 37.9. The zero-order valence-corrected chi connectivity index (χ0v) is 53.3. The van der Waals surface area contributed by atoms with Gasteiger partial charge in [0.05, 0.1) is 25.7 Å². The number of nitrogens with zero attached hydrogens (tertiary/aromatic N) is 1. The molecule has 0 aliphatic carbocycles. The van der Waals surface area contributed by atoms with Gasteiger partial charge >= 0.3 is 23.6 Å². The molecule has 5 nitrogen and oxygen atoms in total. The summed E-state index contributed by atoms with van der Waals surface area (Å²) in [5.74, 6) is -1.66. The van der Waals surface area contributed by atoms with Crippen molar-refractivity contribution in [3.63, 3.8) is 0 Å². The predicted octanol–water partition coefficient (Wildman–Crippen LogP) is 25.0. The van der Waals surface area contributed by atoms with Gasteiger partial charge in [-0.1, -0.05) is 392 Å². The third kappa shape index (κ3) is 47.9. The van der Waals surface area contributed by atoms with Crippen LogP contribution in [-0.2, 0) is 19.2 Å². The van der Waals surface area contributed by atoms with Crippen molar-refractivity contribution in [2.75, 3.05) is 0 Å². The number of carbonyl (C=O) groups is 4. The first kappa shape index (κ1) is 75.6. The number of rotatable bonds is 64. The molecular weight excluding hydrogens is 943 g/mol. The molecule has 0 bridgehead atoms. The van der Waals surface area contributed by atoms with Gasteiger partial charge in [-0.15, -0.1) is 0 Å². The van der Waals surface area contributed by atoms with Crippen LogP contribution in [0.4, 0.5) is 0 Å². The highest BCUT2D eigenvalue weighted by molar-refractivity contribution is 6.09. The molecule has 0 aliphatic rings. The van der Waals surface area contributed by atoms with Crippen molar-refractivity contribution < 1.29 is 23.7 Å². The molecule has 0 atom stereocenters. The molecule has 0 saturated heterocycles. The average molecular weight is 1080 g/mol. The summed E-state index contributed by atoms with van der Waals surface area (Å²) >= 11 is 0. The van der Waals surface area contributed by atoms with E-state index in [0.717, 1.165) is 51.4 Å². The Labute approximate surface area is 483 Å². The van der Waals surface area contributed by atoms with Gasteiger partial charge in [0.15, 0.2) is 0 Å². The number of amides is 4. The fourth-order valence-electron chi connectivity index (χ4n) is 12.1. The van der Waals surface area contributed by atoms with E-state index in [9.17, 15) is 19.2 Å². The molecule has 0 radical (unpaired) electrons. The quantitative estimate of drug-likeness (QED) is 0.0450. The van der Waals surface area contributed by atoms with Crippen molar-refractivity contribution in [3.8, 4) is 0 Å². The van der Waals surface area contributed by atoms with Crippen molar-refractivity contribution in [3.05, 3.63) is 0 Å². The molecule has 5 heteroatoms. The van der Waals surface area contributed by atoms with Crippen LogP contribution in [0.2, 0.25) is 0 Å². The Kier molecular flexibility index (Phi) is 61.1. The van der Waals surface area contributed by atoms with Gasteiger partial charge in [-0.25, -0.2) is 19.2 Å². The maximum Gasteiger partial charge on any atom is 0.336 e. The molecule has 0 saturated carbocycles. The van der Waals surface area contributed by atoms with E-state index in [1.54, 1.807) is 0 Å². The van der Waals surface area contributed by atoms with E-state index in [1.165, 1.54) is 308 Å². The maximum atomic E-state index is 14.7. The minimum absolute atomic E-state index is 0.151. The van der Waals surface area contributed by atoms with Gasteiger partial charge in [-0.3, -0.25) is 0 Å². The van der Waals surface area contributed by atoms with E-state index in [-0.39, 0.29) is 25.7 Å². The Morgan fingerprint density at radius 3 is 0.351 bits per heavy atom. The fraction of sp³-hybridized carbons (Fsp3) is 0.944. The standard InChI is InChI=1S/C72H140NO4/c1-5-9-13-17-21-25-29-33-37-41-45-49-53-57-61-65-69(74)73(70(75)66-62-58-54-50-46-42-38-34-30-26-22-18-14-10-6-2,71(76)67-63-59-55-51-47-43-39-35-31-27-23-19-15-11-7-3)72(77)68-64-60-56-52-48-44-40-36-32-28-24-20-16-12-8-4/h5-68H2,1-4H3/q+1. The van der Waals surface area contributed by atoms with Crippen LogP contribution in [-0.4, -0.2) is 28.1 Å². The van der Waals surface area contributed by atoms with Crippen LogP contribution < -0.4 is 0 Å². The molecular formula is C72H140NO4+. The highest BCUT2D eigenvalue weighted by atomic mass is 16.2. The fourth-order valence-corrected chi connectivity index (χ4v) is 12.1. The van der Waals surface area contributed by atoms with Crippen LogP contribution in [0.1, 0.15) is 439 Å². The van der Waals surface area contributed by atoms with Crippen LogP contribution in [0.25, 0.3) is 0 Å². The van der Waals surface area contributed by atoms with Crippen LogP contribution >= 0.6 is 0 Å². The molecule has 0 rings (SSSR count). The largest absolute Gasteiger partial charge is 0.336 e. The van der Waals surface area contributed by atoms with Gasteiger partial charge < -0.3 is 0 Å². The van der Waals surface area contributed by atoms with Gasteiger partial charge in [0.1, 0.15) is 0 Å². The highest BCUT2D eigenvalue weighted by Crippen LogP contribution is 2.27. The molecule has 0 unspecified atom stereocenters. The van der Waals surface area contributed by atoms with Crippen molar-refractivity contribution in [2.45, 2.75) is 439 Å². The van der Waals surface area contributed by atoms with E-state index < -0.39 is 28.1 Å². The molecule has 0 spiro atoms. The van der Waals surface area contributed by atoms with Gasteiger partial charge in [-0.05, 0) is 25.7 Å². The van der Waals surface area contributed by atoms with E-state index in [0.29, 0.717) is 25.7 Å². The minimum Gasteiger partial charge on any atom is -0.229 e. The zero-order valence-electron chi connectivity index (χ0n) is 53.3. The SMILES string of the molecule is CCCCCCCCCCCCCCCCCC(=O)[N+](C(=O)CCCCCCCCCCCCCCCCC)(C(=O)CCCCCCCCCCCCCCCCC)C(=O)CCCCCCCCCCCCCCCCC. The average Bonchev–Trinajstić information content (AvgIpc) is 3.43. The smallest absolute Gasteiger partial charge is 0.229 e. The van der Waals surface area contributed by atoms with Crippen molar-refractivity contribution in [2.24, 2.45) is 0 Å². The second kappa shape index (κ2) is 62.2. The molecule has 456 valence electrons. The number of hydrogen-bond acceptors (Lipinski definition) is 4. The van der Waals surface area contributed by atoms with Crippen LogP contribution in [0, 0.1) is 0 Å². The van der Waals surface area contributed by atoms with Crippen LogP contribution in [0.15, 0.2) is 0 Å². The molecule has 0 aromatic heterocycles. The Morgan fingerprint density at radius 2 is 0.247 bits per heavy atom. The van der Waals surface area contributed by atoms with Crippen LogP contribution in [0.5, 0.6) is 0 Å². The molecule has 0 N–H and O–H groups in total. The second-order valence-electron chi connectivity index (χ2n) is 25.0. The van der Waals surface area contributed by atoms with Crippen molar-refractivity contribution >= 4 is 23.6 Å². The van der Waals surface area contributed by atoms with E-state index >= 15 is 0 Å². The third-order valence-electron chi connectivity index (χ3n) is 17.5. The lowest BCUT2D eigenvalue weighted by atomic mass is 10.0. The summed E-state index contributed by atoms with van der Waals surface area (Å²) in [6.45, 7) is 9.13. The Morgan fingerprint density at radius 1 is 0.156 bits per heavy atom. The first-order valence-electron chi connectivity index (χ1n) is 36.0. The first-order valence-corrected chi connectivity index (χ1v) is 36.0.